The van der Waals surface area contributed by atoms with Gasteiger partial charge >= 0.3 is 0 Å². The fourth-order valence-electron chi connectivity index (χ4n) is 2.64. The molecule has 1 saturated heterocycles. The van der Waals surface area contributed by atoms with Gasteiger partial charge in [0.15, 0.2) is 0 Å². The second-order valence-electron chi connectivity index (χ2n) is 5.37. The van der Waals surface area contributed by atoms with Crippen LogP contribution in [0.5, 0.6) is 0 Å². The highest BCUT2D eigenvalue weighted by atomic mass is 19.1. The summed E-state index contributed by atoms with van der Waals surface area (Å²) in [6, 6.07) is 4.97. The predicted molar refractivity (Wildman–Crippen MR) is 65.7 cm³/mol. The molecule has 1 heterocycles. The van der Waals surface area contributed by atoms with E-state index in [2.05, 4.69) is 4.90 Å². The molecule has 1 aliphatic heterocycles. The van der Waals surface area contributed by atoms with E-state index in [4.69, 9.17) is 0 Å². The van der Waals surface area contributed by atoms with Crippen molar-refractivity contribution in [2.45, 2.75) is 37.7 Å². The van der Waals surface area contributed by atoms with Crippen molar-refractivity contribution < 1.29 is 9.50 Å². The van der Waals surface area contributed by atoms with Gasteiger partial charge in [-0.1, -0.05) is 0 Å². The highest BCUT2D eigenvalue weighted by molar-refractivity contribution is 5.55. The molecule has 1 aromatic carbocycles. The van der Waals surface area contributed by atoms with Crippen LogP contribution in [-0.4, -0.2) is 23.8 Å². The lowest BCUT2D eigenvalue weighted by molar-refractivity contribution is 0.151. The first kappa shape index (κ1) is 11.0. The molecule has 0 aromatic heterocycles. The first-order valence-electron chi connectivity index (χ1n) is 6.42. The lowest BCUT2D eigenvalue weighted by Gasteiger charge is -2.22. The molecule has 1 aromatic rings. The summed E-state index contributed by atoms with van der Waals surface area (Å²) in [6.45, 7) is 2.11. The summed E-state index contributed by atoms with van der Waals surface area (Å²) in [4.78, 5) is 2.31. The highest BCUT2D eigenvalue weighted by Gasteiger charge is 2.41. The second kappa shape index (κ2) is 3.98. The number of hydrogen-bond donors (Lipinski definition) is 1. The maximum atomic E-state index is 13.3. The Bertz CT molecular complexity index is 422. The first-order chi connectivity index (χ1) is 8.16. The van der Waals surface area contributed by atoms with Gasteiger partial charge in [0, 0.05) is 25.2 Å². The molecule has 92 valence electrons. The summed E-state index contributed by atoms with van der Waals surface area (Å²) in [5.74, 6) is -0.202. The molecule has 1 aliphatic carbocycles. The van der Waals surface area contributed by atoms with Crippen LogP contribution in [0.15, 0.2) is 18.2 Å². The maximum absolute atomic E-state index is 13.3. The fraction of sp³-hybridized carbons (Fsp3) is 0.571. The van der Waals surface area contributed by atoms with Crippen LogP contribution >= 0.6 is 0 Å². The van der Waals surface area contributed by atoms with Crippen molar-refractivity contribution >= 4 is 5.69 Å². The second-order valence-corrected chi connectivity index (χ2v) is 5.37. The molecule has 1 saturated carbocycles. The third-order valence-corrected chi connectivity index (χ3v) is 3.83. The monoisotopic (exact) mass is 235 g/mol. The number of rotatable bonds is 3. The molecular weight excluding hydrogens is 217 g/mol. The van der Waals surface area contributed by atoms with Crippen LogP contribution in [0.2, 0.25) is 0 Å². The minimum atomic E-state index is -0.553. The Morgan fingerprint density at radius 1 is 1.24 bits per heavy atom. The van der Waals surface area contributed by atoms with Crippen LogP contribution in [-0.2, 0) is 6.42 Å². The average molecular weight is 235 g/mol. The largest absolute Gasteiger partial charge is 0.390 e. The number of benzene rings is 1. The Labute approximate surface area is 101 Å². The number of anilines is 1. The van der Waals surface area contributed by atoms with Gasteiger partial charge in [0.1, 0.15) is 5.82 Å². The lowest BCUT2D eigenvalue weighted by atomic mass is 10.0. The Morgan fingerprint density at radius 2 is 1.94 bits per heavy atom. The van der Waals surface area contributed by atoms with E-state index in [1.165, 1.54) is 18.9 Å². The summed E-state index contributed by atoms with van der Waals surface area (Å²) in [5.41, 5.74) is 1.53. The van der Waals surface area contributed by atoms with E-state index in [0.717, 1.165) is 37.2 Å². The van der Waals surface area contributed by atoms with Crippen LogP contribution in [0, 0.1) is 5.82 Å². The zero-order valence-electron chi connectivity index (χ0n) is 9.95. The molecular formula is C14H18FNO. The van der Waals surface area contributed by atoms with Crippen molar-refractivity contribution in [2.24, 2.45) is 0 Å². The van der Waals surface area contributed by atoms with Gasteiger partial charge in [-0.25, -0.2) is 4.39 Å². The molecule has 3 heteroatoms. The average Bonchev–Trinajstić information content (AvgIpc) is 2.81. The standard InChI is InChI=1S/C14H18FNO/c15-12-3-4-13(16-7-1-2-8-16)11(9-12)10-14(17)5-6-14/h3-4,9,17H,1-2,5-8,10H2. The maximum Gasteiger partial charge on any atom is 0.123 e. The molecule has 3 rings (SSSR count). The molecule has 2 aliphatic rings. The topological polar surface area (TPSA) is 23.5 Å². The van der Waals surface area contributed by atoms with Gasteiger partial charge in [-0.15, -0.1) is 0 Å². The Morgan fingerprint density at radius 3 is 2.59 bits per heavy atom. The van der Waals surface area contributed by atoms with E-state index in [1.807, 2.05) is 6.07 Å². The minimum Gasteiger partial charge on any atom is -0.390 e. The van der Waals surface area contributed by atoms with Gasteiger partial charge in [0.25, 0.3) is 0 Å². The van der Waals surface area contributed by atoms with Gasteiger partial charge in [0.2, 0.25) is 0 Å². The van der Waals surface area contributed by atoms with E-state index < -0.39 is 5.60 Å². The van der Waals surface area contributed by atoms with Gasteiger partial charge in [-0.3, -0.25) is 0 Å². The number of aliphatic hydroxyl groups is 1. The molecule has 1 N–H and O–H groups in total. The Kier molecular flexibility index (Phi) is 2.58. The molecule has 0 bridgehead atoms. The van der Waals surface area contributed by atoms with E-state index in [9.17, 15) is 9.50 Å². The Balaban J connectivity index is 1.89. The van der Waals surface area contributed by atoms with Crippen molar-refractivity contribution in [1.29, 1.82) is 0 Å². The molecule has 2 fully saturated rings. The van der Waals surface area contributed by atoms with E-state index in [0.29, 0.717) is 6.42 Å². The van der Waals surface area contributed by atoms with Gasteiger partial charge in [-0.05, 0) is 49.4 Å². The number of hydrogen-bond acceptors (Lipinski definition) is 2. The van der Waals surface area contributed by atoms with Crippen LogP contribution in [0.3, 0.4) is 0 Å². The van der Waals surface area contributed by atoms with Crippen LogP contribution in [0.4, 0.5) is 10.1 Å². The van der Waals surface area contributed by atoms with Crippen molar-refractivity contribution in [1.82, 2.24) is 0 Å². The molecule has 0 radical (unpaired) electrons. The molecule has 0 atom stereocenters. The zero-order chi connectivity index (χ0) is 11.9. The first-order valence-corrected chi connectivity index (χ1v) is 6.42. The molecule has 17 heavy (non-hydrogen) atoms. The summed E-state index contributed by atoms with van der Waals surface area (Å²) in [7, 11) is 0. The zero-order valence-corrected chi connectivity index (χ0v) is 9.95. The fourth-order valence-corrected chi connectivity index (χ4v) is 2.64. The van der Waals surface area contributed by atoms with Crippen molar-refractivity contribution in [2.75, 3.05) is 18.0 Å². The summed E-state index contributed by atoms with van der Waals surface area (Å²) in [5, 5.41) is 10.00. The molecule has 0 spiro atoms. The van der Waals surface area contributed by atoms with Gasteiger partial charge in [0.05, 0.1) is 5.60 Å². The predicted octanol–water partition coefficient (Wildman–Crippen LogP) is 2.49. The third kappa shape index (κ3) is 2.29. The molecule has 0 unspecified atom stereocenters. The quantitative estimate of drug-likeness (QED) is 0.870. The van der Waals surface area contributed by atoms with Crippen molar-refractivity contribution in [3.05, 3.63) is 29.6 Å². The summed E-state index contributed by atoms with van der Waals surface area (Å²) < 4.78 is 13.3. The normalized spacial score (nSPS) is 21.9. The molecule has 2 nitrogen and oxygen atoms in total. The van der Waals surface area contributed by atoms with E-state index in [1.54, 1.807) is 6.07 Å². The van der Waals surface area contributed by atoms with E-state index >= 15 is 0 Å². The van der Waals surface area contributed by atoms with Crippen LogP contribution in [0.1, 0.15) is 31.2 Å². The highest BCUT2D eigenvalue weighted by Crippen LogP contribution is 2.40. The lowest BCUT2D eigenvalue weighted by Crippen LogP contribution is -2.21. The van der Waals surface area contributed by atoms with Gasteiger partial charge < -0.3 is 10.0 Å². The smallest absolute Gasteiger partial charge is 0.123 e. The number of halogens is 1. The van der Waals surface area contributed by atoms with Gasteiger partial charge in [-0.2, -0.15) is 0 Å². The van der Waals surface area contributed by atoms with Crippen molar-refractivity contribution in [3.8, 4) is 0 Å². The summed E-state index contributed by atoms with van der Waals surface area (Å²) >= 11 is 0. The van der Waals surface area contributed by atoms with Crippen LogP contribution in [0.25, 0.3) is 0 Å². The third-order valence-electron chi connectivity index (χ3n) is 3.83. The summed E-state index contributed by atoms with van der Waals surface area (Å²) in [6.07, 6.45) is 4.71. The SMILES string of the molecule is OC1(Cc2cc(F)ccc2N2CCCC2)CC1. The van der Waals surface area contributed by atoms with Crippen molar-refractivity contribution in [3.63, 3.8) is 0 Å². The minimum absolute atomic E-state index is 0.202. The Hall–Kier alpha value is -1.09. The van der Waals surface area contributed by atoms with Crippen LogP contribution < -0.4 is 4.90 Å². The molecule has 0 amide bonds. The van der Waals surface area contributed by atoms with E-state index in [-0.39, 0.29) is 5.82 Å². The number of nitrogens with zero attached hydrogens (tertiary/aromatic N) is 1.